The highest BCUT2D eigenvalue weighted by Crippen LogP contribution is 2.19. The second kappa shape index (κ2) is 4.56. The molecule has 3 rings (SSSR count). The van der Waals surface area contributed by atoms with Crippen LogP contribution in [0.2, 0.25) is 0 Å². The molecule has 3 heterocycles. The van der Waals surface area contributed by atoms with Gasteiger partial charge in [0.1, 0.15) is 11.3 Å². The predicted octanol–water partition coefficient (Wildman–Crippen LogP) is 2.77. The van der Waals surface area contributed by atoms with Crippen LogP contribution in [0.25, 0.3) is 16.9 Å². The molecule has 0 saturated carbocycles. The largest absolute Gasteiger partial charge is 0.281 e. The van der Waals surface area contributed by atoms with Gasteiger partial charge >= 0.3 is 0 Å². The second-order valence-electron chi connectivity index (χ2n) is 4.16. The molecule has 0 atom stereocenters. The fourth-order valence-electron chi connectivity index (χ4n) is 2.12. The van der Waals surface area contributed by atoms with Gasteiger partial charge in [-0.3, -0.25) is 9.55 Å². The van der Waals surface area contributed by atoms with Crippen molar-refractivity contribution >= 4 is 11.2 Å². The van der Waals surface area contributed by atoms with Gasteiger partial charge in [0, 0.05) is 25.0 Å². The van der Waals surface area contributed by atoms with Crippen LogP contribution in [0.3, 0.4) is 0 Å². The maximum Gasteiger partial charge on any atom is 0.164 e. The molecular weight excluding hydrogens is 224 g/mol. The Balaban J connectivity index is 2.28. The Labute approximate surface area is 105 Å². The van der Waals surface area contributed by atoms with Gasteiger partial charge in [-0.15, -0.1) is 0 Å². The molecule has 3 aromatic heterocycles. The van der Waals surface area contributed by atoms with Crippen LogP contribution in [0.1, 0.15) is 19.2 Å². The molecule has 0 aliphatic carbocycles. The monoisotopic (exact) mass is 238 g/mol. The standard InChI is InChI=1S/C14H14N4/c1-2-4-13-17-12-5-3-8-16-14(12)18(13)11-6-9-15-10-7-11/h3,5-10H,2,4H2,1H3. The van der Waals surface area contributed by atoms with Crippen molar-refractivity contribution in [1.29, 1.82) is 0 Å². The zero-order chi connectivity index (χ0) is 12.4. The lowest BCUT2D eigenvalue weighted by Crippen LogP contribution is -2.01. The zero-order valence-electron chi connectivity index (χ0n) is 10.2. The summed E-state index contributed by atoms with van der Waals surface area (Å²) in [5.74, 6) is 1.05. The number of fused-ring (bicyclic) bond motifs is 1. The van der Waals surface area contributed by atoms with Gasteiger partial charge < -0.3 is 0 Å². The number of hydrogen-bond acceptors (Lipinski definition) is 3. The third-order valence-corrected chi connectivity index (χ3v) is 2.88. The van der Waals surface area contributed by atoms with E-state index in [2.05, 4.69) is 26.4 Å². The summed E-state index contributed by atoms with van der Waals surface area (Å²) in [6.45, 7) is 2.16. The lowest BCUT2D eigenvalue weighted by molar-refractivity contribution is 0.815. The van der Waals surface area contributed by atoms with Crippen molar-refractivity contribution in [3.8, 4) is 5.69 Å². The van der Waals surface area contributed by atoms with Crippen LogP contribution in [0.5, 0.6) is 0 Å². The third kappa shape index (κ3) is 1.76. The summed E-state index contributed by atoms with van der Waals surface area (Å²) in [7, 11) is 0. The number of aryl methyl sites for hydroxylation is 1. The molecule has 4 nitrogen and oxygen atoms in total. The number of aromatic nitrogens is 4. The number of imidazole rings is 1. The van der Waals surface area contributed by atoms with Gasteiger partial charge in [0.2, 0.25) is 0 Å². The normalized spacial score (nSPS) is 10.9. The highest BCUT2D eigenvalue weighted by Gasteiger charge is 2.11. The van der Waals surface area contributed by atoms with Crippen LogP contribution in [-0.2, 0) is 6.42 Å². The van der Waals surface area contributed by atoms with Crippen LogP contribution < -0.4 is 0 Å². The molecule has 0 fully saturated rings. The number of pyridine rings is 2. The Bertz CT molecular complexity index is 658. The summed E-state index contributed by atoms with van der Waals surface area (Å²) >= 11 is 0. The van der Waals surface area contributed by atoms with Gasteiger partial charge in [0.05, 0.1) is 5.69 Å². The fraction of sp³-hybridized carbons (Fsp3) is 0.214. The first-order chi connectivity index (χ1) is 8.90. The van der Waals surface area contributed by atoms with Gasteiger partial charge in [-0.25, -0.2) is 9.97 Å². The zero-order valence-corrected chi connectivity index (χ0v) is 10.2. The van der Waals surface area contributed by atoms with Gasteiger partial charge in [0.25, 0.3) is 0 Å². The van der Waals surface area contributed by atoms with E-state index in [1.54, 1.807) is 18.6 Å². The highest BCUT2D eigenvalue weighted by molar-refractivity contribution is 5.73. The molecule has 3 aromatic rings. The van der Waals surface area contributed by atoms with Crippen molar-refractivity contribution in [3.05, 3.63) is 48.7 Å². The summed E-state index contributed by atoms with van der Waals surface area (Å²) < 4.78 is 2.11. The molecule has 0 bridgehead atoms. The molecule has 0 spiro atoms. The number of nitrogens with zero attached hydrogens (tertiary/aromatic N) is 4. The van der Waals surface area contributed by atoms with Crippen LogP contribution in [0.4, 0.5) is 0 Å². The summed E-state index contributed by atoms with van der Waals surface area (Å²) in [6, 6.07) is 7.88. The predicted molar refractivity (Wildman–Crippen MR) is 70.7 cm³/mol. The van der Waals surface area contributed by atoms with Crippen molar-refractivity contribution in [2.75, 3.05) is 0 Å². The van der Waals surface area contributed by atoms with E-state index < -0.39 is 0 Å². The highest BCUT2D eigenvalue weighted by atomic mass is 15.1. The molecule has 0 N–H and O–H groups in total. The van der Waals surface area contributed by atoms with Gasteiger partial charge in [-0.1, -0.05) is 6.92 Å². The molecular formula is C14H14N4. The Kier molecular flexibility index (Phi) is 2.76. The van der Waals surface area contributed by atoms with Crippen molar-refractivity contribution in [2.24, 2.45) is 0 Å². The molecule has 18 heavy (non-hydrogen) atoms. The summed E-state index contributed by atoms with van der Waals surface area (Å²) in [6.07, 6.45) is 7.39. The molecule has 0 aliphatic rings. The van der Waals surface area contributed by atoms with Crippen LogP contribution in [0.15, 0.2) is 42.9 Å². The van der Waals surface area contributed by atoms with Gasteiger partial charge in [-0.05, 0) is 30.7 Å². The Morgan fingerprint density at radius 2 is 1.94 bits per heavy atom. The number of hydrogen-bond donors (Lipinski definition) is 0. The Morgan fingerprint density at radius 3 is 2.72 bits per heavy atom. The van der Waals surface area contributed by atoms with Gasteiger partial charge in [-0.2, -0.15) is 0 Å². The van der Waals surface area contributed by atoms with Crippen molar-refractivity contribution < 1.29 is 0 Å². The van der Waals surface area contributed by atoms with E-state index in [0.717, 1.165) is 35.5 Å². The van der Waals surface area contributed by atoms with E-state index in [1.165, 1.54) is 0 Å². The van der Waals surface area contributed by atoms with Crippen LogP contribution in [-0.4, -0.2) is 19.5 Å². The van der Waals surface area contributed by atoms with Crippen molar-refractivity contribution in [3.63, 3.8) is 0 Å². The maximum absolute atomic E-state index is 4.66. The van der Waals surface area contributed by atoms with Crippen LogP contribution in [0, 0.1) is 0 Å². The van der Waals surface area contributed by atoms with Gasteiger partial charge in [0.15, 0.2) is 5.65 Å². The second-order valence-corrected chi connectivity index (χ2v) is 4.16. The molecule has 0 unspecified atom stereocenters. The molecule has 90 valence electrons. The Morgan fingerprint density at radius 1 is 1.11 bits per heavy atom. The van der Waals surface area contributed by atoms with E-state index >= 15 is 0 Å². The minimum Gasteiger partial charge on any atom is -0.281 e. The van der Waals surface area contributed by atoms with Crippen molar-refractivity contribution in [1.82, 2.24) is 19.5 Å². The summed E-state index contributed by atoms with van der Waals surface area (Å²) in [5.41, 5.74) is 2.92. The smallest absolute Gasteiger partial charge is 0.164 e. The van der Waals surface area contributed by atoms with Crippen molar-refractivity contribution in [2.45, 2.75) is 19.8 Å². The van der Waals surface area contributed by atoms with E-state index in [4.69, 9.17) is 0 Å². The maximum atomic E-state index is 4.66. The summed E-state index contributed by atoms with van der Waals surface area (Å²) in [4.78, 5) is 13.2. The quantitative estimate of drug-likeness (QED) is 0.704. The molecule has 0 saturated heterocycles. The van der Waals surface area contributed by atoms with E-state index in [-0.39, 0.29) is 0 Å². The molecule has 0 aromatic carbocycles. The fourth-order valence-corrected chi connectivity index (χ4v) is 2.12. The first-order valence-corrected chi connectivity index (χ1v) is 6.13. The average molecular weight is 238 g/mol. The molecule has 4 heteroatoms. The first kappa shape index (κ1) is 10.9. The van der Waals surface area contributed by atoms with E-state index in [9.17, 15) is 0 Å². The molecule has 0 aliphatic heterocycles. The first-order valence-electron chi connectivity index (χ1n) is 6.13. The molecule has 0 amide bonds. The van der Waals surface area contributed by atoms with E-state index in [1.807, 2.05) is 24.3 Å². The van der Waals surface area contributed by atoms with Crippen LogP contribution >= 0.6 is 0 Å². The third-order valence-electron chi connectivity index (χ3n) is 2.88. The SMILES string of the molecule is CCCc1nc2cccnc2n1-c1ccncc1. The topological polar surface area (TPSA) is 43.6 Å². The summed E-state index contributed by atoms with van der Waals surface area (Å²) in [5, 5.41) is 0. The number of rotatable bonds is 3. The van der Waals surface area contributed by atoms with E-state index in [0.29, 0.717) is 0 Å². The average Bonchev–Trinajstić information content (AvgIpc) is 2.78. The Hall–Kier alpha value is -2.23. The molecule has 0 radical (unpaired) electrons. The lowest BCUT2D eigenvalue weighted by atomic mass is 10.3. The minimum atomic E-state index is 0.909. The lowest BCUT2D eigenvalue weighted by Gasteiger charge is -2.07. The minimum absolute atomic E-state index is 0.909.